The fraction of sp³-hybridized carbons (Fsp3) is 0.385. The quantitative estimate of drug-likeness (QED) is 0.808. The highest BCUT2D eigenvalue weighted by Gasteiger charge is 2.18. The minimum absolute atomic E-state index is 0.00700. The summed E-state index contributed by atoms with van der Waals surface area (Å²) >= 11 is 0. The highest BCUT2D eigenvalue weighted by molar-refractivity contribution is 7.86. The zero-order valence-corrected chi connectivity index (χ0v) is 12.0. The molecular weight excluding hydrogens is 285 g/mol. The minimum Gasteiger partial charge on any atom is -0.469 e. The van der Waals surface area contributed by atoms with Crippen LogP contribution in [0.15, 0.2) is 24.3 Å². The Bertz CT molecular complexity index is 504. The Morgan fingerprint density at radius 2 is 1.95 bits per heavy atom. The third-order valence-electron chi connectivity index (χ3n) is 2.53. The fourth-order valence-corrected chi connectivity index (χ4v) is 2.35. The number of carbonyl (C=O) groups excluding carboxylic acids is 2. The average Bonchev–Trinajstić information content (AvgIpc) is 2.41. The van der Waals surface area contributed by atoms with E-state index in [1.54, 1.807) is 6.92 Å². The number of methoxy groups -OCH3 is 1. The number of halogens is 1. The molecule has 2 unspecified atom stereocenters. The van der Waals surface area contributed by atoms with Crippen molar-refractivity contribution in [3.8, 4) is 0 Å². The van der Waals surface area contributed by atoms with Crippen molar-refractivity contribution < 1.29 is 22.9 Å². The molecule has 1 aromatic rings. The minimum atomic E-state index is -1.48. The van der Waals surface area contributed by atoms with Gasteiger partial charge in [-0.2, -0.15) is 0 Å². The second kappa shape index (κ2) is 7.74. The normalized spacial score (nSPS) is 13.3. The molecule has 110 valence electrons. The maximum Gasteiger partial charge on any atom is 0.306 e. The SMILES string of the molecule is COC(=O)CC(C)S(=O)CC(=O)Nc1ccc(F)cc1. The number of carbonyl (C=O) groups is 2. The van der Waals surface area contributed by atoms with Gasteiger partial charge in [-0.15, -0.1) is 0 Å². The Kier molecular flexibility index (Phi) is 6.30. The number of ether oxygens (including phenoxy) is 1. The molecule has 2 atom stereocenters. The lowest BCUT2D eigenvalue weighted by atomic mass is 10.3. The highest BCUT2D eigenvalue weighted by atomic mass is 32.2. The van der Waals surface area contributed by atoms with Crippen LogP contribution in [-0.4, -0.2) is 34.2 Å². The van der Waals surface area contributed by atoms with Crippen molar-refractivity contribution in [1.29, 1.82) is 0 Å². The molecule has 20 heavy (non-hydrogen) atoms. The number of esters is 1. The lowest BCUT2D eigenvalue weighted by Gasteiger charge is -2.10. The van der Waals surface area contributed by atoms with Crippen LogP contribution < -0.4 is 5.32 Å². The topological polar surface area (TPSA) is 72.5 Å². The fourth-order valence-electron chi connectivity index (χ4n) is 1.41. The molecule has 0 fully saturated rings. The zero-order valence-electron chi connectivity index (χ0n) is 11.2. The Morgan fingerprint density at radius 1 is 1.35 bits per heavy atom. The van der Waals surface area contributed by atoms with Crippen molar-refractivity contribution in [2.45, 2.75) is 18.6 Å². The number of amides is 1. The molecule has 0 saturated carbocycles. The van der Waals surface area contributed by atoms with E-state index < -0.39 is 33.7 Å². The zero-order chi connectivity index (χ0) is 15.1. The summed E-state index contributed by atoms with van der Waals surface area (Å²) < 4.78 is 29.0. The maximum absolute atomic E-state index is 12.7. The number of hydrogen-bond donors (Lipinski definition) is 1. The first kappa shape index (κ1) is 16.3. The van der Waals surface area contributed by atoms with Gasteiger partial charge in [-0.1, -0.05) is 6.92 Å². The van der Waals surface area contributed by atoms with E-state index >= 15 is 0 Å². The molecule has 0 aromatic heterocycles. The molecule has 0 bridgehead atoms. The molecule has 0 spiro atoms. The summed E-state index contributed by atoms with van der Waals surface area (Å²) in [6.07, 6.45) is -0.00700. The molecule has 1 N–H and O–H groups in total. The Hall–Kier alpha value is -1.76. The second-order valence-corrected chi connectivity index (χ2v) is 6.03. The van der Waals surface area contributed by atoms with Crippen LogP contribution in [0.4, 0.5) is 10.1 Å². The number of anilines is 1. The highest BCUT2D eigenvalue weighted by Crippen LogP contribution is 2.09. The van der Waals surface area contributed by atoms with Gasteiger partial charge in [-0.05, 0) is 24.3 Å². The van der Waals surface area contributed by atoms with Gasteiger partial charge in [0.1, 0.15) is 11.6 Å². The van der Waals surface area contributed by atoms with Crippen molar-refractivity contribution in [1.82, 2.24) is 0 Å². The molecule has 0 aliphatic heterocycles. The standard InChI is InChI=1S/C13H16FNO4S/c1-9(7-13(17)19-2)20(18)8-12(16)15-11-5-3-10(14)4-6-11/h3-6,9H,7-8H2,1-2H3,(H,15,16). The first-order valence-electron chi connectivity index (χ1n) is 5.91. The summed E-state index contributed by atoms with van der Waals surface area (Å²) in [7, 11) is -0.233. The summed E-state index contributed by atoms with van der Waals surface area (Å²) in [5, 5.41) is 2.04. The summed E-state index contributed by atoms with van der Waals surface area (Å²) in [5.74, 6) is -1.55. The molecule has 0 aliphatic rings. The molecule has 0 heterocycles. The largest absolute Gasteiger partial charge is 0.469 e. The number of rotatable bonds is 6. The van der Waals surface area contributed by atoms with Crippen LogP contribution in [0.1, 0.15) is 13.3 Å². The molecule has 0 radical (unpaired) electrons. The monoisotopic (exact) mass is 301 g/mol. The van der Waals surface area contributed by atoms with E-state index in [-0.39, 0.29) is 12.2 Å². The molecule has 5 nitrogen and oxygen atoms in total. The Morgan fingerprint density at radius 3 is 2.50 bits per heavy atom. The van der Waals surface area contributed by atoms with Gasteiger partial charge < -0.3 is 10.1 Å². The average molecular weight is 301 g/mol. The van der Waals surface area contributed by atoms with Gasteiger partial charge in [0, 0.05) is 21.7 Å². The first-order valence-corrected chi connectivity index (χ1v) is 7.30. The molecule has 1 aromatic carbocycles. The summed E-state index contributed by atoms with van der Waals surface area (Å²) in [5.41, 5.74) is 0.425. The first-order chi connectivity index (χ1) is 9.42. The lowest BCUT2D eigenvalue weighted by Crippen LogP contribution is -2.26. The van der Waals surface area contributed by atoms with Crippen molar-refractivity contribution >= 4 is 28.4 Å². The molecule has 0 aliphatic carbocycles. The smallest absolute Gasteiger partial charge is 0.306 e. The van der Waals surface area contributed by atoms with Gasteiger partial charge in [-0.25, -0.2) is 4.39 Å². The van der Waals surface area contributed by atoms with Gasteiger partial charge in [0.2, 0.25) is 5.91 Å². The van der Waals surface area contributed by atoms with Crippen LogP contribution in [0.2, 0.25) is 0 Å². The molecular formula is C13H16FNO4S. The van der Waals surface area contributed by atoms with Gasteiger partial charge >= 0.3 is 5.97 Å². The molecule has 1 amide bonds. The van der Waals surface area contributed by atoms with Crippen LogP contribution in [0, 0.1) is 5.82 Å². The van der Waals surface area contributed by atoms with Crippen molar-refractivity contribution in [2.24, 2.45) is 0 Å². The summed E-state index contributed by atoms with van der Waals surface area (Å²) in [4.78, 5) is 22.7. The van der Waals surface area contributed by atoms with E-state index in [9.17, 15) is 18.2 Å². The summed E-state index contributed by atoms with van der Waals surface area (Å²) in [6, 6.07) is 5.25. The van der Waals surface area contributed by atoms with Crippen LogP contribution in [0.3, 0.4) is 0 Å². The van der Waals surface area contributed by atoms with Crippen LogP contribution in [0.5, 0.6) is 0 Å². The van der Waals surface area contributed by atoms with Gasteiger partial charge in [0.05, 0.1) is 13.5 Å². The number of benzene rings is 1. The van der Waals surface area contributed by atoms with Gasteiger partial charge in [0.25, 0.3) is 0 Å². The van der Waals surface area contributed by atoms with Gasteiger partial charge in [-0.3, -0.25) is 13.8 Å². The van der Waals surface area contributed by atoms with E-state index in [1.807, 2.05) is 0 Å². The van der Waals surface area contributed by atoms with E-state index in [0.717, 1.165) is 0 Å². The van der Waals surface area contributed by atoms with Gasteiger partial charge in [0.15, 0.2) is 0 Å². The Balaban J connectivity index is 2.47. The predicted molar refractivity (Wildman–Crippen MR) is 74.1 cm³/mol. The van der Waals surface area contributed by atoms with E-state index in [2.05, 4.69) is 10.1 Å². The lowest BCUT2D eigenvalue weighted by molar-refractivity contribution is -0.140. The van der Waals surface area contributed by atoms with E-state index in [4.69, 9.17) is 0 Å². The van der Waals surface area contributed by atoms with Crippen LogP contribution in [-0.2, 0) is 25.1 Å². The predicted octanol–water partition coefficient (Wildman–Crippen LogP) is 1.46. The summed E-state index contributed by atoms with van der Waals surface area (Å²) in [6.45, 7) is 1.61. The van der Waals surface area contributed by atoms with Crippen molar-refractivity contribution in [2.75, 3.05) is 18.2 Å². The second-order valence-electron chi connectivity index (χ2n) is 4.17. The van der Waals surface area contributed by atoms with Crippen LogP contribution >= 0.6 is 0 Å². The van der Waals surface area contributed by atoms with E-state index in [1.165, 1.54) is 31.4 Å². The number of nitrogens with one attached hydrogen (secondary N) is 1. The van der Waals surface area contributed by atoms with Crippen LogP contribution in [0.25, 0.3) is 0 Å². The molecule has 1 rings (SSSR count). The third-order valence-corrected chi connectivity index (χ3v) is 4.14. The molecule has 0 saturated heterocycles. The van der Waals surface area contributed by atoms with E-state index in [0.29, 0.717) is 5.69 Å². The third kappa shape index (κ3) is 5.48. The van der Waals surface area contributed by atoms with Crippen molar-refractivity contribution in [3.05, 3.63) is 30.1 Å². The Labute approximate surface area is 119 Å². The molecule has 7 heteroatoms. The van der Waals surface area contributed by atoms with Crippen molar-refractivity contribution in [3.63, 3.8) is 0 Å². The number of hydrogen-bond acceptors (Lipinski definition) is 4. The maximum atomic E-state index is 12.7.